The Labute approximate surface area is 181 Å². The van der Waals surface area contributed by atoms with Gasteiger partial charge in [-0.1, -0.05) is 29.8 Å². The molecule has 10 heteroatoms. The van der Waals surface area contributed by atoms with E-state index < -0.39 is 21.6 Å². The number of hydrogen-bond donors (Lipinski definition) is 0. The van der Waals surface area contributed by atoms with Gasteiger partial charge < -0.3 is 9.15 Å². The van der Waals surface area contributed by atoms with Crippen molar-refractivity contribution >= 4 is 33.1 Å². The Kier molecular flexibility index (Phi) is 5.62. The second-order valence-corrected chi connectivity index (χ2v) is 9.01. The predicted molar refractivity (Wildman–Crippen MR) is 112 cm³/mol. The van der Waals surface area contributed by atoms with Gasteiger partial charge in [0.25, 0.3) is 5.56 Å². The Bertz CT molecular complexity index is 1430. The fourth-order valence-electron chi connectivity index (χ4n) is 2.95. The normalized spacial score (nSPS) is 11.5. The molecule has 3 aromatic heterocycles. The molecule has 0 amide bonds. The van der Waals surface area contributed by atoms with Crippen molar-refractivity contribution in [1.29, 1.82) is 0 Å². The summed E-state index contributed by atoms with van der Waals surface area (Å²) in [6.07, 6.45) is 2.65. The van der Waals surface area contributed by atoms with Gasteiger partial charge in [0.2, 0.25) is 5.76 Å². The van der Waals surface area contributed by atoms with Crippen molar-refractivity contribution in [2.24, 2.45) is 0 Å². The van der Waals surface area contributed by atoms with Gasteiger partial charge in [0, 0.05) is 17.8 Å². The zero-order valence-electron chi connectivity index (χ0n) is 15.9. The summed E-state index contributed by atoms with van der Waals surface area (Å²) in [6.45, 7) is -0.293. The molecule has 8 nitrogen and oxygen atoms in total. The molecule has 0 aliphatic rings. The van der Waals surface area contributed by atoms with Gasteiger partial charge in [-0.15, -0.1) is 0 Å². The SMILES string of the molecule is O=C(OCc1cc(=O)n2cc(Cl)ccc2n1)c1occc1CS(=O)(=O)c1ccccc1. The lowest BCUT2D eigenvalue weighted by Gasteiger charge is -2.07. The van der Waals surface area contributed by atoms with Crippen LogP contribution in [-0.2, 0) is 26.9 Å². The van der Waals surface area contributed by atoms with E-state index in [0.29, 0.717) is 10.7 Å². The van der Waals surface area contributed by atoms with Crippen LogP contribution < -0.4 is 5.56 Å². The Morgan fingerprint density at radius 1 is 1.13 bits per heavy atom. The number of carbonyl (C=O) groups excluding carboxylic acids is 1. The highest BCUT2D eigenvalue weighted by atomic mass is 35.5. The van der Waals surface area contributed by atoms with Crippen LogP contribution >= 0.6 is 11.6 Å². The van der Waals surface area contributed by atoms with E-state index in [1.807, 2.05) is 0 Å². The number of benzene rings is 1. The van der Waals surface area contributed by atoms with Gasteiger partial charge in [-0.3, -0.25) is 9.20 Å². The zero-order valence-corrected chi connectivity index (χ0v) is 17.5. The molecule has 0 aliphatic heterocycles. The molecule has 0 aliphatic carbocycles. The minimum absolute atomic E-state index is 0.136. The maximum atomic E-state index is 12.6. The van der Waals surface area contributed by atoms with Crippen molar-refractivity contribution in [3.8, 4) is 0 Å². The van der Waals surface area contributed by atoms with Gasteiger partial charge in [0.05, 0.1) is 27.6 Å². The van der Waals surface area contributed by atoms with Crippen LogP contribution in [0.3, 0.4) is 0 Å². The summed E-state index contributed by atoms with van der Waals surface area (Å²) in [6, 6.07) is 13.7. The number of nitrogens with zero attached hydrogens (tertiary/aromatic N) is 2. The number of fused-ring (bicyclic) bond motifs is 1. The number of rotatable bonds is 6. The van der Waals surface area contributed by atoms with Crippen molar-refractivity contribution < 1.29 is 22.4 Å². The van der Waals surface area contributed by atoms with E-state index in [9.17, 15) is 18.0 Å². The summed E-state index contributed by atoms with van der Waals surface area (Å²) in [7, 11) is -3.67. The monoisotopic (exact) mass is 458 g/mol. The fourth-order valence-corrected chi connectivity index (χ4v) is 4.49. The zero-order chi connectivity index (χ0) is 22.0. The Morgan fingerprint density at radius 3 is 2.68 bits per heavy atom. The highest BCUT2D eigenvalue weighted by molar-refractivity contribution is 7.90. The number of hydrogen-bond acceptors (Lipinski definition) is 7. The summed E-state index contributed by atoms with van der Waals surface area (Å²) in [4.78, 5) is 29.1. The third-order valence-electron chi connectivity index (χ3n) is 4.41. The lowest BCUT2D eigenvalue weighted by molar-refractivity contribution is 0.0430. The van der Waals surface area contributed by atoms with E-state index >= 15 is 0 Å². The number of pyridine rings is 1. The lowest BCUT2D eigenvalue weighted by atomic mass is 10.3. The Hall–Kier alpha value is -3.43. The second-order valence-electron chi connectivity index (χ2n) is 6.58. The Morgan fingerprint density at radius 2 is 1.90 bits per heavy atom. The molecule has 0 unspecified atom stereocenters. The summed E-state index contributed by atoms with van der Waals surface area (Å²) in [5, 5.41) is 0.381. The van der Waals surface area contributed by atoms with Crippen molar-refractivity contribution in [3.63, 3.8) is 0 Å². The first-order valence-electron chi connectivity index (χ1n) is 9.03. The topological polar surface area (TPSA) is 108 Å². The molecule has 0 spiro atoms. The standard InChI is InChI=1S/C21H15ClN2O6S/c22-15-6-7-18-23-16(10-19(25)24(18)11-15)12-30-21(26)20-14(8-9-29-20)13-31(27,28)17-4-2-1-3-5-17/h1-11H,12-13H2. The molecular weight excluding hydrogens is 444 g/mol. The van der Waals surface area contributed by atoms with Gasteiger partial charge in [-0.05, 0) is 30.3 Å². The molecule has 0 saturated carbocycles. The van der Waals surface area contributed by atoms with Crippen molar-refractivity contribution in [3.05, 3.63) is 99.5 Å². The molecule has 158 valence electrons. The first-order chi connectivity index (χ1) is 14.8. The number of halogens is 1. The molecule has 0 N–H and O–H groups in total. The van der Waals surface area contributed by atoms with Gasteiger partial charge in [0.1, 0.15) is 12.3 Å². The van der Waals surface area contributed by atoms with Crippen LogP contribution in [-0.4, -0.2) is 23.8 Å². The average molecular weight is 459 g/mol. The molecule has 4 aromatic rings. The average Bonchev–Trinajstić information content (AvgIpc) is 3.20. The molecule has 0 atom stereocenters. The van der Waals surface area contributed by atoms with E-state index in [4.69, 9.17) is 20.8 Å². The molecule has 0 saturated heterocycles. The van der Waals surface area contributed by atoms with Gasteiger partial charge >= 0.3 is 5.97 Å². The van der Waals surface area contributed by atoms with E-state index in [0.717, 1.165) is 0 Å². The fraction of sp³-hybridized carbons (Fsp3) is 0.0952. The van der Waals surface area contributed by atoms with Gasteiger partial charge in [0.15, 0.2) is 9.84 Å². The quantitative estimate of drug-likeness (QED) is 0.408. The van der Waals surface area contributed by atoms with Crippen LogP contribution in [0.1, 0.15) is 21.8 Å². The van der Waals surface area contributed by atoms with Crippen LogP contribution in [0.2, 0.25) is 5.02 Å². The maximum Gasteiger partial charge on any atom is 0.374 e. The number of aromatic nitrogens is 2. The van der Waals surface area contributed by atoms with E-state index in [1.54, 1.807) is 30.3 Å². The summed E-state index contributed by atoms with van der Waals surface area (Å²) in [5.74, 6) is -1.50. The van der Waals surface area contributed by atoms with Crippen LogP contribution in [0.4, 0.5) is 0 Å². The molecule has 0 bridgehead atoms. The number of ether oxygens (including phenoxy) is 1. The summed E-state index contributed by atoms with van der Waals surface area (Å²) in [5.41, 5.74) is 0.363. The van der Waals surface area contributed by atoms with Gasteiger partial charge in [-0.2, -0.15) is 0 Å². The largest absolute Gasteiger partial charge is 0.457 e. The van der Waals surface area contributed by atoms with Crippen molar-refractivity contribution in [1.82, 2.24) is 9.38 Å². The molecule has 31 heavy (non-hydrogen) atoms. The molecule has 3 heterocycles. The number of esters is 1. The number of carbonyl (C=O) groups is 1. The van der Waals surface area contributed by atoms with Crippen LogP contribution in [0.25, 0.3) is 5.65 Å². The summed E-state index contributed by atoms with van der Waals surface area (Å²) < 4.78 is 36.8. The highest BCUT2D eigenvalue weighted by Crippen LogP contribution is 2.21. The smallest absolute Gasteiger partial charge is 0.374 e. The van der Waals surface area contributed by atoms with Crippen molar-refractivity contribution in [2.75, 3.05) is 0 Å². The molecule has 1 aromatic carbocycles. The van der Waals surface area contributed by atoms with Gasteiger partial charge in [-0.25, -0.2) is 18.2 Å². The van der Waals surface area contributed by atoms with E-state index in [-0.39, 0.29) is 34.1 Å². The van der Waals surface area contributed by atoms with Crippen LogP contribution in [0, 0.1) is 0 Å². The maximum absolute atomic E-state index is 12.6. The summed E-state index contributed by atoms with van der Waals surface area (Å²) >= 11 is 5.88. The number of sulfone groups is 1. The molecule has 0 fully saturated rings. The second kappa shape index (κ2) is 8.37. The molecule has 4 rings (SSSR count). The first-order valence-corrected chi connectivity index (χ1v) is 11.1. The molecule has 0 radical (unpaired) electrons. The minimum Gasteiger partial charge on any atom is -0.457 e. The highest BCUT2D eigenvalue weighted by Gasteiger charge is 2.23. The van der Waals surface area contributed by atoms with Crippen LogP contribution in [0.5, 0.6) is 0 Å². The van der Waals surface area contributed by atoms with E-state index in [1.165, 1.54) is 41.1 Å². The third-order valence-corrected chi connectivity index (χ3v) is 6.31. The first kappa shape index (κ1) is 20.8. The van der Waals surface area contributed by atoms with E-state index in [2.05, 4.69) is 4.98 Å². The third kappa shape index (κ3) is 4.52. The lowest BCUT2D eigenvalue weighted by Crippen LogP contribution is -2.17. The molecular formula is C21H15ClN2O6S. The van der Waals surface area contributed by atoms with Crippen LogP contribution in [0.15, 0.2) is 81.2 Å². The van der Waals surface area contributed by atoms with Crippen molar-refractivity contribution in [2.45, 2.75) is 17.3 Å². The number of furan rings is 1. The minimum atomic E-state index is -3.67. The Balaban J connectivity index is 1.51. The predicted octanol–water partition coefficient (Wildman–Crippen LogP) is 3.27.